The molecule has 0 saturated carbocycles. The molecule has 1 unspecified atom stereocenters. The van der Waals surface area contributed by atoms with Crippen molar-refractivity contribution in [3.8, 4) is 0 Å². The second-order valence-electron chi connectivity index (χ2n) is 3.50. The maximum absolute atomic E-state index is 5.74. The minimum atomic E-state index is -0.384. The van der Waals surface area contributed by atoms with Gasteiger partial charge < -0.3 is 9.47 Å². The van der Waals surface area contributed by atoms with Crippen LogP contribution in [0.4, 0.5) is 0 Å². The van der Waals surface area contributed by atoms with Crippen molar-refractivity contribution in [2.75, 3.05) is 7.11 Å². The van der Waals surface area contributed by atoms with Crippen molar-refractivity contribution < 1.29 is 9.47 Å². The molecule has 1 heterocycles. The molecule has 1 atom stereocenters. The van der Waals surface area contributed by atoms with Gasteiger partial charge in [0.2, 0.25) is 5.79 Å². The van der Waals surface area contributed by atoms with Crippen molar-refractivity contribution >= 4 is 0 Å². The largest absolute Gasteiger partial charge is 0.467 e. The van der Waals surface area contributed by atoms with E-state index in [2.05, 4.69) is 13.8 Å². The Morgan fingerprint density at radius 3 is 2.75 bits per heavy atom. The minimum Gasteiger partial charge on any atom is -0.467 e. The number of hydrogen-bond acceptors (Lipinski definition) is 2. The number of hydrogen-bond donors (Lipinski definition) is 0. The highest BCUT2D eigenvalue weighted by molar-refractivity contribution is 5.09. The van der Waals surface area contributed by atoms with E-state index in [1.54, 1.807) is 7.11 Å². The van der Waals surface area contributed by atoms with Crippen molar-refractivity contribution in [1.82, 2.24) is 0 Å². The maximum Gasteiger partial charge on any atom is 0.207 e. The standard InChI is InChI=1S/C10H18O2/c1-5-9-8(2)6-7-10(3,11-4)12-9/h5-7H2,1-4H3. The highest BCUT2D eigenvalue weighted by Gasteiger charge is 2.30. The summed E-state index contributed by atoms with van der Waals surface area (Å²) in [5.74, 6) is 0.718. The van der Waals surface area contributed by atoms with Crippen LogP contribution >= 0.6 is 0 Å². The summed E-state index contributed by atoms with van der Waals surface area (Å²) in [6.07, 6.45) is 3.01. The van der Waals surface area contributed by atoms with Crippen LogP contribution in [0.5, 0.6) is 0 Å². The predicted molar refractivity (Wildman–Crippen MR) is 48.7 cm³/mol. The van der Waals surface area contributed by atoms with E-state index in [4.69, 9.17) is 9.47 Å². The van der Waals surface area contributed by atoms with E-state index >= 15 is 0 Å². The third kappa shape index (κ3) is 1.81. The normalized spacial score (nSPS) is 30.3. The Balaban J connectivity index is 2.73. The quantitative estimate of drug-likeness (QED) is 0.634. The molecule has 2 nitrogen and oxygen atoms in total. The Kier molecular flexibility index (Phi) is 2.78. The molecular formula is C10H18O2. The summed E-state index contributed by atoms with van der Waals surface area (Å²) >= 11 is 0. The van der Waals surface area contributed by atoms with Crippen LogP contribution in [0.3, 0.4) is 0 Å². The summed E-state index contributed by atoms with van der Waals surface area (Å²) in [5, 5.41) is 0. The third-order valence-electron chi connectivity index (χ3n) is 2.52. The molecule has 0 aliphatic carbocycles. The summed E-state index contributed by atoms with van der Waals surface area (Å²) in [4.78, 5) is 0. The third-order valence-corrected chi connectivity index (χ3v) is 2.52. The molecule has 0 N–H and O–H groups in total. The number of rotatable bonds is 2. The van der Waals surface area contributed by atoms with Crippen molar-refractivity contribution in [2.45, 2.75) is 45.8 Å². The van der Waals surface area contributed by atoms with Crippen LogP contribution in [0.1, 0.15) is 40.0 Å². The van der Waals surface area contributed by atoms with Crippen molar-refractivity contribution in [3.63, 3.8) is 0 Å². The highest BCUT2D eigenvalue weighted by Crippen LogP contribution is 2.32. The van der Waals surface area contributed by atoms with E-state index in [0.29, 0.717) is 0 Å². The zero-order valence-electron chi connectivity index (χ0n) is 8.44. The Morgan fingerprint density at radius 2 is 2.25 bits per heavy atom. The summed E-state index contributed by atoms with van der Waals surface area (Å²) in [6, 6.07) is 0. The number of allylic oxidation sites excluding steroid dienone is 2. The summed E-state index contributed by atoms with van der Waals surface area (Å²) in [7, 11) is 1.70. The van der Waals surface area contributed by atoms with Gasteiger partial charge in [-0.2, -0.15) is 0 Å². The molecular weight excluding hydrogens is 152 g/mol. The first-order chi connectivity index (χ1) is 5.61. The summed E-state index contributed by atoms with van der Waals surface area (Å²) < 4.78 is 11.0. The van der Waals surface area contributed by atoms with Gasteiger partial charge in [0, 0.05) is 26.9 Å². The second kappa shape index (κ2) is 3.48. The predicted octanol–water partition coefficient (Wildman–Crippen LogP) is 2.84. The van der Waals surface area contributed by atoms with Crippen molar-refractivity contribution in [2.24, 2.45) is 0 Å². The Labute approximate surface area is 74.6 Å². The average molecular weight is 170 g/mol. The first-order valence-electron chi connectivity index (χ1n) is 4.54. The second-order valence-corrected chi connectivity index (χ2v) is 3.50. The minimum absolute atomic E-state index is 0.384. The van der Waals surface area contributed by atoms with E-state index in [1.807, 2.05) is 6.92 Å². The Hall–Kier alpha value is -0.500. The van der Waals surface area contributed by atoms with Gasteiger partial charge in [-0.05, 0) is 18.9 Å². The number of methoxy groups -OCH3 is 1. The van der Waals surface area contributed by atoms with Crippen LogP contribution in [-0.2, 0) is 9.47 Å². The lowest BCUT2D eigenvalue weighted by Gasteiger charge is -2.35. The molecule has 0 radical (unpaired) electrons. The molecule has 0 aromatic rings. The van der Waals surface area contributed by atoms with Gasteiger partial charge in [0.15, 0.2) is 0 Å². The molecule has 1 aliphatic heterocycles. The molecule has 0 bridgehead atoms. The molecule has 0 amide bonds. The number of ether oxygens (including phenoxy) is 2. The maximum atomic E-state index is 5.74. The zero-order chi connectivity index (χ0) is 9.19. The van der Waals surface area contributed by atoms with Gasteiger partial charge in [-0.15, -0.1) is 0 Å². The van der Waals surface area contributed by atoms with E-state index in [0.717, 1.165) is 25.0 Å². The molecule has 1 aliphatic rings. The first kappa shape index (κ1) is 9.59. The van der Waals surface area contributed by atoms with Crippen LogP contribution < -0.4 is 0 Å². The van der Waals surface area contributed by atoms with Gasteiger partial charge in [0.1, 0.15) is 0 Å². The SMILES string of the molecule is CCC1=C(C)CCC(C)(OC)O1. The molecule has 1 rings (SSSR count). The fraction of sp³-hybridized carbons (Fsp3) is 0.800. The van der Waals surface area contributed by atoms with Crippen LogP contribution in [0.25, 0.3) is 0 Å². The fourth-order valence-electron chi connectivity index (χ4n) is 1.47. The zero-order valence-corrected chi connectivity index (χ0v) is 8.44. The van der Waals surface area contributed by atoms with Crippen molar-refractivity contribution in [1.29, 1.82) is 0 Å². The van der Waals surface area contributed by atoms with Gasteiger partial charge in [-0.25, -0.2) is 0 Å². The summed E-state index contributed by atoms with van der Waals surface area (Å²) in [6.45, 7) is 6.24. The van der Waals surface area contributed by atoms with Crippen LogP contribution in [-0.4, -0.2) is 12.9 Å². The molecule has 0 aromatic carbocycles. The van der Waals surface area contributed by atoms with E-state index in [-0.39, 0.29) is 5.79 Å². The molecule has 70 valence electrons. The van der Waals surface area contributed by atoms with E-state index in [1.165, 1.54) is 5.57 Å². The fourth-order valence-corrected chi connectivity index (χ4v) is 1.47. The Morgan fingerprint density at radius 1 is 1.58 bits per heavy atom. The van der Waals surface area contributed by atoms with Gasteiger partial charge in [-0.3, -0.25) is 0 Å². The van der Waals surface area contributed by atoms with E-state index < -0.39 is 0 Å². The molecule has 0 spiro atoms. The molecule has 0 fully saturated rings. The van der Waals surface area contributed by atoms with Crippen LogP contribution in [0.15, 0.2) is 11.3 Å². The smallest absolute Gasteiger partial charge is 0.207 e. The van der Waals surface area contributed by atoms with E-state index in [9.17, 15) is 0 Å². The lowest BCUT2D eigenvalue weighted by molar-refractivity contribution is -0.198. The lowest BCUT2D eigenvalue weighted by Crippen LogP contribution is -2.33. The van der Waals surface area contributed by atoms with Crippen molar-refractivity contribution in [3.05, 3.63) is 11.3 Å². The monoisotopic (exact) mass is 170 g/mol. The van der Waals surface area contributed by atoms with Gasteiger partial charge >= 0.3 is 0 Å². The first-order valence-corrected chi connectivity index (χ1v) is 4.54. The molecule has 12 heavy (non-hydrogen) atoms. The summed E-state index contributed by atoms with van der Waals surface area (Å²) in [5.41, 5.74) is 1.37. The van der Waals surface area contributed by atoms with Crippen LogP contribution in [0, 0.1) is 0 Å². The topological polar surface area (TPSA) is 18.5 Å². The Bertz CT molecular complexity index is 196. The molecule has 0 saturated heterocycles. The molecule has 0 aromatic heterocycles. The van der Waals surface area contributed by atoms with Gasteiger partial charge in [0.05, 0.1) is 5.76 Å². The lowest BCUT2D eigenvalue weighted by atomic mass is 10.0. The molecule has 2 heteroatoms. The average Bonchev–Trinajstić information content (AvgIpc) is 2.10. The highest BCUT2D eigenvalue weighted by atomic mass is 16.7. The van der Waals surface area contributed by atoms with Crippen LogP contribution in [0.2, 0.25) is 0 Å². The van der Waals surface area contributed by atoms with Gasteiger partial charge in [0.25, 0.3) is 0 Å². The van der Waals surface area contributed by atoms with Gasteiger partial charge in [-0.1, -0.05) is 6.92 Å².